The van der Waals surface area contributed by atoms with E-state index in [4.69, 9.17) is 9.47 Å². The molecule has 0 amide bonds. The summed E-state index contributed by atoms with van der Waals surface area (Å²) < 4.78 is 10.7. The molecule has 3 heteroatoms. The summed E-state index contributed by atoms with van der Waals surface area (Å²) in [5, 5.41) is 0. The number of allylic oxidation sites excluding steroid dienone is 1. The van der Waals surface area contributed by atoms with Crippen LogP contribution in [0.2, 0.25) is 0 Å². The number of ketones is 1. The maximum Gasteiger partial charge on any atom is 0.225 e. The zero-order chi connectivity index (χ0) is 9.80. The first kappa shape index (κ1) is 9.71. The van der Waals surface area contributed by atoms with Gasteiger partial charge in [0.2, 0.25) is 5.78 Å². The third-order valence-electron chi connectivity index (χ3n) is 2.65. The average molecular weight is 196 g/mol. The molecule has 14 heavy (non-hydrogen) atoms. The smallest absolute Gasteiger partial charge is 0.225 e. The second-order valence-electron chi connectivity index (χ2n) is 3.78. The van der Waals surface area contributed by atoms with Crippen LogP contribution in [0.5, 0.6) is 0 Å². The molecule has 1 atom stereocenters. The highest BCUT2D eigenvalue weighted by Crippen LogP contribution is 2.19. The van der Waals surface area contributed by atoms with E-state index in [2.05, 4.69) is 0 Å². The van der Waals surface area contributed by atoms with Crippen molar-refractivity contribution in [1.29, 1.82) is 0 Å². The molecule has 2 aliphatic rings. The third-order valence-corrected chi connectivity index (χ3v) is 2.65. The van der Waals surface area contributed by atoms with Crippen LogP contribution in [0.4, 0.5) is 0 Å². The number of rotatable bonds is 2. The Balaban J connectivity index is 1.95. The first-order valence-electron chi connectivity index (χ1n) is 5.37. The molecule has 0 radical (unpaired) electrons. The van der Waals surface area contributed by atoms with Crippen LogP contribution in [0, 0.1) is 0 Å². The predicted molar refractivity (Wildman–Crippen MR) is 51.9 cm³/mol. The van der Waals surface area contributed by atoms with Gasteiger partial charge in [-0.3, -0.25) is 4.79 Å². The number of hydrogen-bond donors (Lipinski definition) is 0. The zero-order valence-electron chi connectivity index (χ0n) is 8.33. The fraction of sp³-hybridized carbons (Fsp3) is 0.727. The summed E-state index contributed by atoms with van der Waals surface area (Å²) in [5.41, 5.74) is 0. The Morgan fingerprint density at radius 2 is 2.21 bits per heavy atom. The van der Waals surface area contributed by atoms with Crippen LogP contribution in [0.25, 0.3) is 0 Å². The number of ether oxygens (including phenoxy) is 2. The van der Waals surface area contributed by atoms with Gasteiger partial charge < -0.3 is 9.47 Å². The van der Waals surface area contributed by atoms with Crippen LogP contribution in [0.1, 0.15) is 32.1 Å². The van der Waals surface area contributed by atoms with Crippen molar-refractivity contribution in [3.63, 3.8) is 0 Å². The zero-order valence-corrected chi connectivity index (χ0v) is 8.33. The lowest BCUT2D eigenvalue weighted by atomic mass is 10.0. The molecule has 0 saturated carbocycles. The highest BCUT2D eigenvalue weighted by molar-refractivity contribution is 5.97. The van der Waals surface area contributed by atoms with Gasteiger partial charge in [0.15, 0.2) is 5.76 Å². The van der Waals surface area contributed by atoms with Gasteiger partial charge in [-0.25, -0.2) is 0 Å². The average Bonchev–Trinajstić information content (AvgIpc) is 2.30. The normalized spacial score (nSPS) is 27.7. The summed E-state index contributed by atoms with van der Waals surface area (Å²) in [6.07, 6.45) is 6.63. The van der Waals surface area contributed by atoms with Crippen LogP contribution in [-0.2, 0) is 14.3 Å². The van der Waals surface area contributed by atoms with Crippen LogP contribution >= 0.6 is 0 Å². The Morgan fingerprint density at radius 1 is 1.29 bits per heavy atom. The Bertz CT molecular complexity index is 239. The van der Waals surface area contributed by atoms with Crippen molar-refractivity contribution in [2.24, 2.45) is 0 Å². The molecule has 0 N–H and O–H groups in total. The van der Waals surface area contributed by atoms with E-state index >= 15 is 0 Å². The third kappa shape index (κ3) is 2.15. The van der Waals surface area contributed by atoms with Gasteiger partial charge in [-0.15, -0.1) is 0 Å². The number of carbonyl (C=O) groups is 1. The number of hydrogen-bond acceptors (Lipinski definition) is 3. The monoisotopic (exact) mass is 196 g/mol. The van der Waals surface area contributed by atoms with Crippen molar-refractivity contribution >= 4 is 5.78 Å². The summed E-state index contributed by atoms with van der Waals surface area (Å²) in [7, 11) is 0. The van der Waals surface area contributed by atoms with Gasteiger partial charge in [-0.2, -0.15) is 0 Å². The molecule has 0 aromatic rings. The summed E-state index contributed by atoms with van der Waals surface area (Å²) in [6, 6.07) is 0. The molecular formula is C11H16O3. The fourth-order valence-corrected chi connectivity index (χ4v) is 1.84. The van der Waals surface area contributed by atoms with Crippen molar-refractivity contribution in [1.82, 2.24) is 0 Å². The summed E-state index contributed by atoms with van der Waals surface area (Å²) in [5.74, 6) is 0.576. The molecule has 2 aliphatic heterocycles. The van der Waals surface area contributed by atoms with E-state index in [1.165, 1.54) is 0 Å². The maximum atomic E-state index is 11.8. The minimum absolute atomic E-state index is 0.0457. The first-order valence-corrected chi connectivity index (χ1v) is 5.37. The van der Waals surface area contributed by atoms with E-state index in [0.29, 0.717) is 19.0 Å². The molecule has 0 bridgehead atoms. The first-order chi connectivity index (χ1) is 6.88. The van der Waals surface area contributed by atoms with Crippen molar-refractivity contribution in [3.8, 4) is 0 Å². The quantitative estimate of drug-likeness (QED) is 0.675. The van der Waals surface area contributed by atoms with Gasteiger partial charge in [-0.1, -0.05) is 0 Å². The SMILES string of the molecule is O=C(C1=CCCCO1)C1CCCCO1. The fourth-order valence-electron chi connectivity index (χ4n) is 1.84. The number of Topliss-reactive ketones (excluding diaryl/α,β-unsaturated/α-hetero) is 1. The van der Waals surface area contributed by atoms with Gasteiger partial charge in [0.05, 0.1) is 6.61 Å². The Kier molecular flexibility index (Phi) is 3.19. The van der Waals surface area contributed by atoms with E-state index in [1.807, 2.05) is 6.08 Å². The van der Waals surface area contributed by atoms with Crippen molar-refractivity contribution in [2.75, 3.05) is 13.2 Å². The summed E-state index contributed by atoms with van der Waals surface area (Å²) in [4.78, 5) is 11.8. The molecule has 78 valence electrons. The molecule has 0 aromatic carbocycles. The van der Waals surface area contributed by atoms with Crippen molar-refractivity contribution < 1.29 is 14.3 Å². The van der Waals surface area contributed by atoms with Crippen LogP contribution in [0.15, 0.2) is 11.8 Å². The van der Waals surface area contributed by atoms with E-state index in [1.54, 1.807) is 0 Å². The Hall–Kier alpha value is -0.830. The van der Waals surface area contributed by atoms with Crippen molar-refractivity contribution in [2.45, 2.75) is 38.2 Å². The van der Waals surface area contributed by atoms with Gasteiger partial charge in [0.1, 0.15) is 6.10 Å². The Morgan fingerprint density at radius 3 is 2.86 bits per heavy atom. The van der Waals surface area contributed by atoms with Crippen molar-refractivity contribution in [3.05, 3.63) is 11.8 Å². The summed E-state index contributed by atoms with van der Waals surface area (Å²) >= 11 is 0. The van der Waals surface area contributed by atoms with Crippen LogP contribution in [-0.4, -0.2) is 25.1 Å². The lowest BCUT2D eigenvalue weighted by Crippen LogP contribution is -2.30. The molecule has 0 spiro atoms. The number of carbonyl (C=O) groups excluding carboxylic acids is 1. The largest absolute Gasteiger partial charge is 0.490 e. The molecule has 1 saturated heterocycles. The van der Waals surface area contributed by atoms with Gasteiger partial charge in [-0.05, 0) is 38.2 Å². The standard InChI is InChI=1S/C11H16O3/c12-11(9-5-1-3-7-13-9)10-6-2-4-8-14-10/h5,10H,1-4,6-8H2. The molecule has 1 fully saturated rings. The lowest BCUT2D eigenvalue weighted by molar-refractivity contribution is -0.133. The maximum absolute atomic E-state index is 11.8. The summed E-state index contributed by atoms with van der Waals surface area (Å²) in [6.45, 7) is 1.38. The molecule has 2 heterocycles. The minimum Gasteiger partial charge on any atom is -0.490 e. The van der Waals surface area contributed by atoms with Gasteiger partial charge >= 0.3 is 0 Å². The highest BCUT2D eigenvalue weighted by Gasteiger charge is 2.26. The second-order valence-corrected chi connectivity index (χ2v) is 3.78. The van der Waals surface area contributed by atoms with Gasteiger partial charge in [0, 0.05) is 6.61 Å². The molecule has 1 unspecified atom stereocenters. The topological polar surface area (TPSA) is 35.5 Å². The lowest BCUT2D eigenvalue weighted by Gasteiger charge is -2.23. The minimum atomic E-state index is -0.243. The van der Waals surface area contributed by atoms with E-state index in [-0.39, 0.29) is 11.9 Å². The van der Waals surface area contributed by atoms with E-state index in [9.17, 15) is 4.79 Å². The van der Waals surface area contributed by atoms with E-state index < -0.39 is 0 Å². The predicted octanol–water partition coefficient (Wildman–Crippen LogP) is 1.82. The molecular weight excluding hydrogens is 180 g/mol. The molecule has 0 aliphatic carbocycles. The molecule has 2 rings (SSSR count). The highest BCUT2D eigenvalue weighted by atomic mass is 16.5. The van der Waals surface area contributed by atoms with Gasteiger partial charge in [0.25, 0.3) is 0 Å². The van der Waals surface area contributed by atoms with E-state index in [0.717, 1.165) is 32.1 Å². The Labute approximate surface area is 84.1 Å². The molecule has 0 aromatic heterocycles. The van der Waals surface area contributed by atoms with Crippen LogP contribution in [0.3, 0.4) is 0 Å². The molecule has 3 nitrogen and oxygen atoms in total. The van der Waals surface area contributed by atoms with Crippen LogP contribution < -0.4 is 0 Å². The second kappa shape index (κ2) is 4.60.